The molecule has 0 saturated carbocycles. The lowest BCUT2D eigenvalue weighted by molar-refractivity contribution is -0.138. The Kier molecular flexibility index (Phi) is 16.5. The van der Waals surface area contributed by atoms with Gasteiger partial charge in [0.15, 0.2) is 0 Å². The average Bonchev–Trinajstić information content (AvgIpc) is 3.25. The molecule has 73 heavy (non-hydrogen) atoms. The molecule has 0 heterocycles. The fourth-order valence-electron chi connectivity index (χ4n) is 7.82. The molecule has 0 atom stereocenters. The number of hydrogen-bond acceptors (Lipinski definition) is 7. The highest BCUT2D eigenvalue weighted by atomic mass is 31.2. The Morgan fingerprint density at radius 2 is 0.658 bits per heavy atom. The van der Waals surface area contributed by atoms with Crippen molar-refractivity contribution in [2.45, 2.75) is 145 Å². The largest absolute Gasteiger partial charge is 0.530 e. The molecule has 7 nitrogen and oxygen atoms in total. The monoisotopic (exact) mass is 1050 g/mol. The van der Waals surface area contributed by atoms with Crippen LogP contribution in [0.4, 0.5) is 26.3 Å². The number of halogens is 6. The molecule has 6 aromatic rings. The molecule has 0 radical (unpaired) electrons. The normalized spacial score (nSPS) is 12.8. The van der Waals surface area contributed by atoms with E-state index < -0.39 is 62.5 Å². The van der Waals surface area contributed by atoms with E-state index in [2.05, 4.69) is 47.6 Å². The number of ether oxygens (including phenoxy) is 1. The van der Waals surface area contributed by atoms with E-state index in [1.807, 2.05) is 124 Å². The molecule has 0 aliphatic heterocycles. The summed E-state index contributed by atoms with van der Waals surface area (Å²) in [5.74, 6) is 2.10. The zero-order chi connectivity index (χ0) is 54.2. The van der Waals surface area contributed by atoms with Crippen molar-refractivity contribution in [2.75, 3.05) is 0 Å². The summed E-state index contributed by atoms with van der Waals surface area (Å²) in [6.07, 6.45) is -9.27. The van der Waals surface area contributed by atoms with Crippen LogP contribution in [-0.2, 0) is 28.6 Å². The first kappa shape index (κ1) is 56.7. The zero-order valence-electron chi connectivity index (χ0n) is 44.4. The number of benzene rings is 6. The molecule has 0 aliphatic carbocycles. The first-order valence-electron chi connectivity index (χ1n) is 23.8. The Morgan fingerprint density at radius 1 is 0.356 bits per heavy atom. The third-order valence-electron chi connectivity index (χ3n) is 11.6. The molecule has 0 N–H and O–H groups in total. The van der Waals surface area contributed by atoms with Crippen molar-refractivity contribution in [1.29, 1.82) is 0 Å². The van der Waals surface area contributed by atoms with Crippen LogP contribution >= 0.6 is 17.2 Å². The zero-order valence-corrected chi connectivity index (χ0v) is 46.2. The molecule has 392 valence electrons. The minimum atomic E-state index is -4.64. The summed E-state index contributed by atoms with van der Waals surface area (Å²) < 4.78 is 130. The van der Waals surface area contributed by atoms with Gasteiger partial charge in [0, 0.05) is 27.8 Å². The molecule has 0 amide bonds. The first-order valence-corrected chi connectivity index (χ1v) is 26.0. The van der Waals surface area contributed by atoms with Gasteiger partial charge >= 0.3 is 29.6 Å². The molecule has 0 spiro atoms. The minimum Gasteiger partial charge on any atom is -0.488 e. The van der Waals surface area contributed by atoms with Crippen LogP contribution in [0.25, 0.3) is 11.1 Å². The van der Waals surface area contributed by atoms with Crippen molar-refractivity contribution in [3.05, 3.63) is 159 Å². The summed E-state index contributed by atoms with van der Waals surface area (Å²) in [6, 6.07) is 27.2. The van der Waals surface area contributed by atoms with Gasteiger partial charge < -0.3 is 31.9 Å². The van der Waals surface area contributed by atoms with Crippen LogP contribution in [0.1, 0.15) is 133 Å². The van der Waals surface area contributed by atoms with Crippen LogP contribution < -0.4 is 31.9 Å². The molecule has 0 unspecified atom stereocenters. The third kappa shape index (κ3) is 14.6. The SMILES string of the molecule is Cc1ccc(OP(Oc2ccc(C)cc2)Oc2c(C(C)(C)C)cc(C(C)(C)C)c(C)c2-c2c(C)c(OC(C)(C)C)cc(C(C)(C)C)c2OP(Oc2ccc(C(F)(F)F)cc2)Oc2ccc(C(F)(F)F)cc2)cc1. The average molecular weight is 1050 g/mol. The Balaban J connectivity index is 1.72. The van der Waals surface area contributed by atoms with Crippen molar-refractivity contribution >= 4 is 17.2 Å². The van der Waals surface area contributed by atoms with E-state index >= 15 is 0 Å². The lowest BCUT2D eigenvalue weighted by Gasteiger charge is -2.35. The Morgan fingerprint density at radius 3 is 0.959 bits per heavy atom. The predicted molar refractivity (Wildman–Crippen MR) is 281 cm³/mol. The predicted octanol–water partition coefficient (Wildman–Crippen LogP) is 19.2. The number of alkyl halides is 6. The summed E-state index contributed by atoms with van der Waals surface area (Å²) in [7, 11) is -5.03. The molecular formula is C58H66F6O7P2. The highest BCUT2D eigenvalue weighted by Gasteiger charge is 2.39. The molecular weight excluding hydrogens is 985 g/mol. The molecule has 0 bridgehead atoms. The summed E-state index contributed by atoms with van der Waals surface area (Å²) >= 11 is 0. The van der Waals surface area contributed by atoms with Crippen LogP contribution in [-0.4, -0.2) is 5.60 Å². The van der Waals surface area contributed by atoms with Crippen LogP contribution in [0.2, 0.25) is 0 Å². The molecule has 0 aliphatic rings. The van der Waals surface area contributed by atoms with E-state index in [1.165, 1.54) is 0 Å². The van der Waals surface area contributed by atoms with Gasteiger partial charge in [-0.25, -0.2) is 0 Å². The van der Waals surface area contributed by atoms with Crippen molar-refractivity contribution < 1.29 is 58.2 Å². The summed E-state index contributed by atoms with van der Waals surface area (Å²) in [4.78, 5) is 0. The maximum absolute atomic E-state index is 13.8. The second kappa shape index (κ2) is 21.3. The lowest BCUT2D eigenvalue weighted by atomic mass is 9.74. The highest BCUT2D eigenvalue weighted by Crippen LogP contribution is 2.58. The van der Waals surface area contributed by atoms with Gasteiger partial charge in [-0.3, -0.25) is 0 Å². The van der Waals surface area contributed by atoms with Gasteiger partial charge in [-0.2, -0.15) is 26.3 Å². The maximum atomic E-state index is 13.8. The Bertz CT molecular complexity index is 2750. The number of hydrogen-bond donors (Lipinski definition) is 0. The molecule has 6 aromatic carbocycles. The van der Waals surface area contributed by atoms with Crippen LogP contribution in [0.3, 0.4) is 0 Å². The second-order valence-electron chi connectivity index (χ2n) is 22.2. The molecule has 0 fully saturated rings. The van der Waals surface area contributed by atoms with Crippen LogP contribution in [0.5, 0.6) is 40.2 Å². The van der Waals surface area contributed by atoms with E-state index in [1.54, 1.807) is 0 Å². The molecule has 0 saturated heterocycles. The van der Waals surface area contributed by atoms with Gasteiger partial charge in [0.05, 0.1) is 11.1 Å². The quantitative estimate of drug-likeness (QED) is 0.0795. The van der Waals surface area contributed by atoms with Gasteiger partial charge in [0.2, 0.25) is 0 Å². The van der Waals surface area contributed by atoms with Gasteiger partial charge in [0.25, 0.3) is 0 Å². The second-order valence-corrected chi connectivity index (χ2v) is 24.2. The summed E-state index contributed by atoms with van der Waals surface area (Å²) in [5.41, 5.74) is 2.74. The summed E-state index contributed by atoms with van der Waals surface area (Å²) in [6.45, 7) is 32.3. The Labute approximate surface area is 429 Å². The van der Waals surface area contributed by atoms with Crippen molar-refractivity contribution in [1.82, 2.24) is 0 Å². The van der Waals surface area contributed by atoms with Gasteiger partial charge in [0.1, 0.15) is 45.8 Å². The fraction of sp³-hybridized carbons (Fsp3) is 0.379. The molecule has 15 heteroatoms. The minimum absolute atomic E-state index is 0.0496. The molecule has 0 aromatic heterocycles. The van der Waals surface area contributed by atoms with Crippen molar-refractivity contribution in [3.8, 4) is 51.4 Å². The molecule has 6 rings (SSSR count). The highest BCUT2D eigenvalue weighted by molar-refractivity contribution is 7.43. The van der Waals surface area contributed by atoms with Crippen molar-refractivity contribution in [3.63, 3.8) is 0 Å². The van der Waals surface area contributed by atoms with Gasteiger partial charge in [-0.15, -0.1) is 0 Å². The maximum Gasteiger partial charge on any atom is 0.530 e. The van der Waals surface area contributed by atoms with E-state index in [9.17, 15) is 26.3 Å². The van der Waals surface area contributed by atoms with Crippen molar-refractivity contribution in [2.24, 2.45) is 0 Å². The standard InChI is InChI=1S/C58H66F6O7P2/c1-35-17-25-41(26-18-35)66-72(67-42-27-19-36(2)20-28-42)70-51-46(54(8,9)10)33-45(53(5,6)7)37(3)49(51)50-38(4)48(65-56(14,15)16)34-47(55(11,12)13)52(50)71-73(68-43-29-21-39(22-30-43)57(59,60)61)69-44-31-23-40(24-32-44)58(62,63)64/h17-34H,1-16H3. The van der Waals surface area contributed by atoms with E-state index in [0.29, 0.717) is 45.3 Å². The topological polar surface area (TPSA) is 64.6 Å². The van der Waals surface area contributed by atoms with Gasteiger partial charge in [-0.1, -0.05) is 104 Å². The first-order chi connectivity index (χ1) is 33.6. The number of rotatable bonds is 14. The van der Waals surface area contributed by atoms with Gasteiger partial charge in [-0.05, 0) is 155 Å². The smallest absolute Gasteiger partial charge is 0.488 e. The van der Waals surface area contributed by atoms with E-state index in [4.69, 9.17) is 31.9 Å². The third-order valence-corrected chi connectivity index (χ3v) is 13.7. The Hall–Kier alpha value is -5.64. The van der Waals surface area contributed by atoms with E-state index in [0.717, 1.165) is 76.3 Å². The lowest BCUT2D eigenvalue weighted by Crippen LogP contribution is -2.25. The van der Waals surface area contributed by atoms with E-state index in [-0.39, 0.29) is 17.2 Å². The number of aryl methyl sites for hydroxylation is 2. The fourth-order valence-corrected chi connectivity index (χ4v) is 9.90. The summed E-state index contributed by atoms with van der Waals surface area (Å²) in [5, 5.41) is 0. The van der Waals surface area contributed by atoms with Crippen LogP contribution in [0.15, 0.2) is 109 Å². The van der Waals surface area contributed by atoms with Crippen LogP contribution in [0, 0.1) is 27.7 Å².